The first-order valence-corrected chi connectivity index (χ1v) is 7.87. The van der Waals surface area contributed by atoms with Crippen LogP contribution in [0.5, 0.6) is 0 Å². The Hall–Kier alpha value is -2.65. The van der Waals surface area contributed by atoms with Crippen molar-refractivity contribution in [2.75, 3.05) is 5.32 Å². The average Bonchev–Trinajstić information content (AvgIpc) is 2.64. The van der Waals surface area contributed by atoms with E-state index in [1.54, 1.807) is 12.1 Å². The molecule has 2 nitrogen and oxygen atoms in total. The highest BCUT2D eigenvalue weighted by Crippen LogP contribution is 2.24. The fourth-order valence-corrected chi connectivity index (χ4v) is 2.61. The lowest BCUT2D eigenvalue weighted by molar-refractivity contribution is -0.0000134. The third kappa shape index (κ3) is 5.16. The van der Waals surface area contributed by atoms with E-state index >= 15 is 0 Å². The van der Waals surface area contributed by atoms with Gasteiger partial charge in [-0.05, 0) is 29.8 Å². The number of hydrogen-bond acceptors (Lipinski definition) is 2. The largest absolute Gasteiger partial charge is 1.00 e. The van der Waals surface area contributed by atoms with Crippen LogP contribution in [0.2, 0.25) is 0 Å². The summed E-state index contributed by atoms with van der Waals surface area (Å²) in [5.41, 5.74) is 2.50. The molecule has 0 aliphatic rings. The topological polar surface area (TPSA) is 29.1 Å². The lowest BCUT2D eigenvalue weighted by Gasteiger charge is -2.20. The lowest BCUT2D eigenvalue weighted by Crippen LogP contribution is -3.00. The molecule has 3 aromatic carbocycles. The number of Topliss-reactive ketones (excluding diaryl/α,β-unsaturated/α-hetero) is 1. The number of carbonyl (C=O) groups is 1. The molecule has 1 unspecified atom stereocenters. The molecule has 25 heavy (non-hydrogen) atoms. The van der Waals surface area contributed by atoms with Gasteiger partial charge in [0.2, 0.25) is 0 Å². The summed E-state index contributed by atoms with van der Waals surface area (Å²) in [6.07, 6.45) is 0.325. The monoisotopic (exact) mass is 354 g/mol. The maximum Gasteiger partial charge on any atom is 0.165 e. The minimum Gasteiger partial charge on any atom is -1.00 e. The van der Waals surface area contributed by atoms with Crippen LogP contribution in [0.1, 0.15) is 28.4 Å². The van der Waals surface area contributed by atoms with Crippen molar-refractivity contribution in [2.24, 2.45) is 0 Å². The zero-order chi connectivity index (χ0) is 16.8. The highest BCUT2D eigenvalue weighted by molar-refractivity contribution is 5.96. The molecule has 3 rings (SSSR count). The van der Waals surface area contributed by atoms with Gasteiger partial charge in [0.15, 0.2) is 5.78 Å². The summed E-state index contributed by atoms with van der Waals surface area (Å²) < 4.78 is 13.1. The van der Waals surface area contributed by atoms with E-state index in [0.29, 0.717) is 12.0 Å². The van der Waals surface area contributed by atoms with E-state index in [2.05, 4.69) is 5.32 Å². The zero-order valence-corrected chi connectivity index (χ0v) is 14.3. The van der Waals surface area contributed by atoms with Gasteiger partial charge in [0.1, 0.15) is 5.82 Å². The summed E-state index contributed by atoms with van der Waals surface area (Å²) >= 11 is 0. The van der Waals surface area contributed by atoms with Crippen LogP contribution in [0.3, 0.4) is 0 Å². The van der Waals surface area contributed by atoms with Gasteiger partial charge in [-0.2, -0.15) is 0 Å². The van der Waals surface area contributed by atoms with Crippen molar-refractivity contribution < 1.29 is 21.6 Å². The van der Waals surface area contributed by atoms with Crippen LogP contribution < -0.4 is 17.7 Å². The molecule has 0 bridgehead atoms. The quantitative estimate of drug-likeness (QED) is 0.688. The van der Waals surface area contributed by atoms with E-state index in [0.717, 1.165) is 11.3 Å². The minimum absolute atomic E-state index is 0. The second kappa shape index (κ2) is 9.00. The Morgan fingerprint density at radius 3 is 2.00 bits per heavy atom. The number of nitrogens with one attached hydrogen (secondary N) is 1. The van der Waals surface area contributed by atoms with Crippen molar-refractivity contribution in [3.05, 3.63) is 102 Å². The Labute approximate surface area is 153 Å². The van der Waals surface area contributed by atoms with Crippen molar-refractivity contribution in [1.29, 1.82) is 0 Å². The first-order valence-electron chi connectivity index (χ1n) is 7.87. The van der Waals surface area contributed by atoms with E-state index < -0.39 is 0 Å². The summed E-state index contributed by atoms with van der Waals surface area (Å²) in [5.74, 6) is -0.212. The molecule has 1 atom stereocenters. The fraction of sp³-hybridized carbons (Fsp3) is 0.0952. The smallest absolute Gasteiger partial charge is 0.165 e. The Kier molecular flexibility index (Phi) is 6.72. The molecule has 0 aromatic heterocycles. The summed E-state index contributed by atoms with van der Waals surface area (Å²) in [5, 5.41) is 3.34. The predicted octanol–water partition coefficient (Wildman–Crippen LogP) is 2.26. The van der Waals surface area contributed by atoms with E-state index in [9.17, 15) is 9.18 Å². The molecule has 3 aromatic rings. The maximum absolute atomic E-state index is 13.1. The third-order valence-electron chi connectivity index (χ3n) is 3.87. The van der Waals surface area contributed by atoms with Crippen LogP contribution in [0.25, 0.3) is 0 Å². The highest BCUT2D eigenvalue weighted by atomic mass is 35.5. The number of benzene rings is 3. The van der Waals surface area contributed by atoms with Crippen LogP contribution >= 0.6 is 0 Å². The van der Waals surface area contributed by atoms with E-state index in [4.69, 9.17) is 0 Å². The fourth-order valence-electron chi connectivity index (χ4n) is 2.61. The Balaban J connectivity index is 0.00000225. The molecule has 0 saturated heterocycles. The molecular formula is C21H18ClFNO-. The van der Waals surface area contributed by atoms with Gasteiger partial charge in [-0.1, -0.05) is 60.7 Å². The number of rotatable bonds is 6. The number of hydrogen-bond donors (Lipinski definition) is 1. The second-order valence-electron chi connectivity index (χ2n) is 5.61. The van der Waals surface area contributed by atoms with Crippen molar-refractivity contribution in [3.8, 4) is 0 Å². The van der Waals surface area contributed by atoms with Gasteiger partial charge in [-0.25, -0.2) is 4.39 Å². The van der Waals surface area contributed by atoms with Crippen molar-refractivity contribution in [2.45, 2.75) is 12.5 Å². The van der Waals surface area contributed by atoms with Crippen LogP contribution in [0.4, 0.5) is 10.1 Å². The van der Waals surface area contributed by atoms with Gasteiger partial charge in [-0.3, -0.25) is 4.79 Å². The summed E-state index contributed by atoms with van der Waals surface area (Å²) in [6.45, 7) is 0. The maximum atomic E-state index is 13.1. The van der Waals surface area contributed by atoms with E-state index in [1.165, 1.54) is 12.1 Å². The van der Waals surface area contributed by atoms with Gasteiger partial charge in [0, 0.05) is 17.7 Å². The van der Waals surface area contributed by atoms with E-state index in [-0.39, 0.29) is 30.0 Å². The van der Waals surface area contributed by atoms with Crippen LogP contribution in [-0.2, 0) is 0 Å². The molecule has 0 fully saturated rings. The Bertz CT molecular complexity index is 791. The van der Waals surface area contributed by atoms with Crippen LogP contribution in [0.15, 0.2) is 84.9 Å². The molecular weight excluding hydrogens is 337 g/mol. The molecule has 128 valence electrons. The number of ketones is 1. The summed E-state index contributed by atoms with van der Waals surface area (Å²) in [6, 6.07) is 25.1. The van der Waals surface area contributed by atoms with Gasteiger partial charge >= 0.3 is 0 Å². The number of carbonyl (C=O) groups excluding carboxylic acids is 1. The first-order chi connectivity index (χ1) is 11.7. The molecule has 0 spiro atoms. The first kappa shape index (κ1) is 18.7. The normalized spacial score (nSPS) is 11.2. The molecule has 0 aliphatic heterocycles. The van der Waals surface area contributed by atoms with Gasteiger partial charge < -0.3 is 17.7 Å². The van der Waals surface area contributed by atoms with Crippen molar-refractivity contribution in [1.82, 2.24) is 0 Å². The summed E-state index contributed by atoms with van der Waals surface area (Å²) in [4.78, 5) is 12.6. The molecule has 0 radical (unpaired) electrons. The summed E-state index contributed by atoms with van der Waals surface area (Å²) in [7, 11) is 0. The molecule has 0 amide bonds. The van der Waals surface area contributed by atoms with Crippen LogP contribution in [0, 0.1) is 5.82 Å². The molecule has 0 aliphatic carbocycles. The number of anilines is 1. The second-order valence-corrected chi connectivity index (χ2v) is 5.61. The average molecular weight is 355 g/mol. The molecule has 4 heteroatoms. The molecule has 0 saturated carbocycles. The standard InChI is InChI=1S/C21H18FNO.ClH/c22-18-11-13-19(14-12-18)23-20(16-7-3-1-4-8-16)15-21(24)17-9-5-2-6-10-17;/h1-14,20,23H,15H2;1H/p-1. The van der Waals surface area contributed by atoms with Gasteiger partial charge in [0.25, 0.3) is 0 Å². The van der Waals surface area contributed by atoms with Crippen LogP contribution in [-0.4, -0.2) is 5.78 Å². The highest BCUT2D eigenvalue weighted by Gasteiger charge is 2.17. The van der Waals surface area contributed by atoms with Crippen molar-refractivity contribution >= 4 is 11.5 Å². The van der Waals surface area contributed by atoms with Crippen molar-refractivity contribution in [3.63, 3.8) is 0 Å². The van der Waals surface area contributed by atoms with Gasteiger partial charge in [0.05, 0.1) is 6.04 Å². The molecule has 1 N–H and O–H groups in total. The van der Waals surface area contributed by atoms with E-state index in [1.807, 2.05) is 60.7 Å². The zero-order valence-electron chi connectivity index (χ0n) is 13.5. The third-order valence-corrected chi connectivity index (χ3v) is 3.87. The Morgan fingerprint density at radius 2 is 1.40 bits per heavy atom. The Morgan fingerprint density at radius 1 is 0.840 bits per heavy atom. The number of halogens is 2. The SMILES string of the molecule is O=C(CC(Nc1ccc(F)cc1)c1ccccc1)c1ccccc1.[Cl-]. The molecule has 0 heterocycles. The van der Waals surface area contributed by atoms with Gasteiger partial charge in [-0.15, -0.1) is 0 Å². The minimum atomic E-state index is -0.280. The lowest BCUT2D eigenvalue weighted by atomic mass is 9.97. The predicted molar refractivity (Wildman–Crippen MR) is 94.6 cm³/mol.